The molecular weight excluding hydrogens is 462 g/mol. The van der Waals surface area contributed by atoms with Gasteiger partial charge in [0, 0.05) is 14.1 Å². The Morgan fingerprint density at radius 2 is 1.19 bits per heavy atom. The number of aromatic amines is 1. The molecule has 0 radical (unpaired) electrons. The molecule has 198 valence electrons. The number of aryl methyl sites for hydroxylation is 3. The third-order valence-corrected chi connectivity index (χ3v) is 4.05. The van der Waals surface area contributed by atoms with Crippen LogP contribution in [0.15, 0.2) is 30.7 Å². The van der Waals surface area contributed by atoms with Crippen LogP contribution in [0.3, 0.4) is 0 Å². The summed E-state index contributed by atoms with van der Waals surface area (Å²) in [6.07, 6.45) is 5.17. The van der Waals surface area contributed by atoms with Gasteiger partial charge in [0.1, 0.15) is 36.9 Å². The molecular formula is C24H39N9O3. The maximum atomic E-state index is 6.04. The number of hydrogen-bond donors (Lipinski definition) is 1. The molecule has 0 aliphatic carbocycles. The van der Waals surface area contributed by atoms with E-state index in [-0.39, 0.29) is 19.8 Å². The third kappa shape index (κ3) is 9.35. The first-order valence-corrected chi connectivity index (χ1v) is 12.1. The zero-order chi connectivity index (χ0) is 26.9. The van der Waals surface area contributed by atoms with Gasteiger partial charge in [0.15, 0.2) is 11.5 Å². The maximum Gasteiger partial charge on any atom is 0.204 e. The van der Waals surface area contributed by atoms with E-state index in [9.17, 15) is 0 Å². The fourth-order valence-corrected chi connectivity index (χ4v) is 2.73. The summed E-state index contributed by atoms with van der Waals surface area (Å²) in [5.74, 6) is 1.51. The Balaban J connectivity index is 0.00000101. The number of nitrogens with zero attached hydrogens (tertiary/aromatic N) is 8. The van der Waals surface area contributed by atoms with Crippen molar-refractivity contribution in [1.82, 2.24) is 45.4 Å². The predicted molar refractivity (Wildman–Crippen MR) is 137 cm³/mol. The van der Waals surface area contributed by atoms with E-state index in [2.05, 4.69) is 36.0 Å². The number of aromatic nitrogens is 9. The van der Waals surface area contributed by atoms with Gasteiger partial charge in [-0.3, -0.25) is 9.36 Å². The molecule has 12 heteroatoms. The predicted octanol–water partition coefficient (Wildman–Crippen LogP) is 4.19. The van der Waals surface area contributed by atoms with Crippen molar-refractivity contribution in [2.24, 2.45) is 14.1 Å². The van der Waals surface area contributed by atoms with Crippen molar-refractivity contribution in [3.05, 3.63) is 53.4 Å². The average Bonchev–Trinajstić information content (AvgIpc) is 3.67. The monoisotopic (exact) mass is 501 g/mol. The summed E-state index contributed by atoms with van der Waals surface area (Å²) >= 11 is 0. The van der Waals surface area contributed by atoms with Gasteiger partial charge in [0.05, 0.1) is 18.6 Å². The molecule has 4 rings (SSSR count). The molecule has 0 saturated heterocycles. The normalized spacial score (nSPS) is 9.58. The number of hydrogen-bond acceptors (Lipinski definition) is 9. The minimum atomic E-state index is 0.207. The van der Waals surface area contributed by atoms with Crippen molar-refractivity contribution in [2.75, 3.05) is 0 Å². The van der Waals surface area contributed by atoms with Gasteiger partial charge < -0.3 is 14.2 Å². The highest BCUT2D eigenvalue weighted by Crippen LogP contribution is 2.40. The van der Waals surface area contributed by atoms with Crippen LogP contribution in [0.4, 0.5) is 0 Å². The first-order chi connectivity index (χ1) is 17.6. The number of ether oxygens (including phenoxy) is 3. The largest absolute Gasteiger partial charge is 0.483 e. The fraction of sp³-hybridized carbons (Fsp3) is 0.500. The number of H-pyrrole nitrogens is 1. The molecule has 0 atom stereocenters. The summed E-state index contributed by atoms with van der Waals surface area (Å²) in [5.41, 5.74) is 2.99. The molecule has 1 N–H and O–H groups in total. The molecule has 0 aliphatic heterocycles. The van der Waals surface area contributed by atoms with E-state index in [0.29, 0.717) is 34.3 Å². The third-order valence-electron chi connectivity index (χ3n) is 4.05. The first kappa shape index (κ1) is 30.1. The van der Waals surface area contributed by atoms with Crippen LogP contribution < -0.4 is 14.2 Å². The van der Waals surface area contributed by atoms with Gasteiger partial charge in [-0.1, -0.05) is 52.0 Å². The Labute approximate surface area is 213 Å². The molecule has 36 heavy (non-hydrogen) atoms. The van der Waals surface area contributed by atoms with E-state index >= 15 is 0 Å². The lowest BCUT2D eigenvalue weighted by atomic mass is 10.2. The smallest absolute Gasteiger partial charge is 0.204 e. The lowest BCUT2D eigenvalue weighted by molar-refractivity contribution is 0.226. The Hall–Kier alpha value is -3.96. The van der Waals surface area contributed by atoms with E-state index in [1.54, 1.807) is 42.0 Å². The van der Waals surface area contributed by atoms with Crippen molar-refractivity contribution >= 4 is 0 Å². The minimum absolute atomic E-state index is 0.207. The van der Waals surface area contributed by atoms with Gasteiger partial charge >= 0.3 is 0 Å². The van der Waals surface area contributed by atoms with Gasteiger partial charge in [-0.15, -0.1) is 10.2 Å². The van der Waals surface area contributed by atoms with Crippen molar-refractivity contribution < 1.29 is 14.2 Å². The Kier molecular flexibility index (Phi) is 13.9. The summed E-state index contributed by atoms with van der Waals surface area (Å²) in [6, 6.07) is 3.76. The second kappa shape index (κ2) is 16.6. The van der Waals surface area contributed by atoms with Crippen LogP contribution in [0.1, 0.15) is 64.2 Å². The quantitative estimate of drug-likeness (QED) is 0.359. The van der Waals surface area contributed by atoms with Gasteiger partial charge in [-0.2, -0.15) is 15.4 Å². The van der Waals surface area contributed by atoms with Crippen LogP contribution >= 0.6 is 0 Å². The molecule has 0 fully saturated rings. The van der Waals surface area contributed by atoms with E-state index in [4.69, 9.17) is 14.2 Å². The second-order valence-electron chi connectivity index (χ2n) is 6.68. The van der Waals surface area contributed by atoms with E-state index in [1.807, 2.05) is 60.6 Å². The maximum absolute atomic E-state index is 6.04. The number of rotatable bonds is 9. The van der Waals surface area contributed by atoms with Crippen molar-refractivity contribution in [1.29, 1.82) is 0 Å². The lowest BCUT2D eigenvalue weighted by Crippen LogP contribution is -2.05. The lowest BCUT2D eigenvalue weighted by Gasteiger charge is -2.17. The van der Waals surface area contributed by atoms with Crippen LogP contribution in [0.25, 0.3) is 0 Å². The summed E-state index contributed by atoms with van der Waals surface area (Å²) in [4.78, 5) is 0. The standard InChI is InChI=1S/C18H21N9O3.3C2H6/c1-12-4-16(28-9-13-6-19-23-20-13)18(30-11-15-8-27(3)25-22-15)17(5-12)29-10-14-7-26(2)24-21-14;3*1-2/h4-8H,9-11H2,1-3H3,(H,19,20,23);3*1-2H3. The molecule has 0 amide bonds. The molecule has 1 aromatic carbocycles. The molecule has 3 heterocycles. The second-order valence-corrected chi connectivity index (χ2v) is 6.68. The van der Waals surface area contributed by atoms with Crippen LogP contribution in [-0.2, 0) is 33.9 Å². The number of benzene rings is 1. The molecule has 3 aromatic heterocycles. The van der Waals surface area contributed by atoms with Crippen LogP contribution in [0.2, 0.25) is 0 Å². The van der Waals surface area contributed by atoms with Crippen molar-refractivity contribution in [3.8, 4) is 17.2 Å². The molecule has 0 unspecified atom stereocenters. The topological polar surface area (TPSA) is 131 Å². The molecule has 0 spiro atoms. The van der Waals surface area contributed by atoms with Gasteiger partial charge in [0.25, 0.3) is 0 Å². The zero-order valence-corrected chi connectivity index (χ0v) is 22.8. The summed E-state index contributed by atoms with van der Waals surface area (Å²) in [5, 5.41) is 26.3. The highest BCUT2D eigenvalue weighted by molar-refractivity contribution is 5.53. The summed E-state index contributed by atoms with van der Waals surface area (Å²) in [6.45, 7) is 14.6. The fourth-order valence-electron chi connectivity index (χ4n) is 2.73. The molecule has 4 aromatic rings. The van der Waals surface area contributed by atoms with Crippen LogP contribution in [0, 0.1) is 6.92 Å². The molecule has 0 saturated carbocycles. The van der Waals surface area contributed by atoms with E-state index in [1.165, 1.54) is 0 Å². The minimum Gasteiger partial charge on any atom is -0.483 e. The zero-order valence-electron chi connectivity index (χ0n) is 22.8. The highest BCUT2D eigenvalue weighted by atomic mass is 16.5. The van der Waals surface area contributed by atoms with Gasteiger partial charge in [0.2, 0.25) is 5.75 Å². The van der Waals surface area contributed by atoms with Gasteiger partial charge in [-0.25, -0.2) is 0 Å². The van der Waals surface area contributed by atoms with Crippen LogP contribution in [-0.4, -0.2) is 45.4 Å². The summed E-state index contributed by atoms with van der Waals surface area (Å²) < 4.78 is 21.2. The van der Waals surface area contributed by atoms with E-state index in [0.717, 1.165) is 5.56 Å². The molecule has 12 nitrogen and oxygen atoms in total. The molecule has 0 bridgehead atoms. The Morgan fingerprint density at radius 1 is 0.722 bits per heavy atom. The average molecular weight is 502 g/mol. The SMILES string of the molecule is CC.CC.CC.Cc1cc(OCc2cn(C)nn2)c(OCc2cn(C)nn2)c(OCc2cn[nH]n2)c1. The van der Waals surface area contributed by atoms with E-state index < -0.39 is 0 Å². The first-order valence-electron chi connectivity index (χ1n) is 12.1. The van der Waals surface area contributed by atoms with Crippen molar-refractivity contribution in [2.45, 2.75) is 68.3 Å². The number of nitrogens with one attached hydrogen (secondary N) is 1. The Bertz CT molecular complexity index is 1110. The molecule has 0 aliphatic rings. The highest BCUT2D eigenvalue weighted by Gasteiger charge is 2.17. The van der Waals surface area contributed by atoms with Crippen LogP contribution in [0.5, 0.6) is 17.2 Å². The summed E-state index contributed by atoms with van der Waals surface area (Å²) in [7, 11) is 3.60. The Morgan fingerprint density at radius 3 is 1.61 bits per heavy atom. The van der Waals surface area contributed by atoms with Crippen molar-refractivity contribution in [3.63, 3.8) is 0 Å². The van der Waals surface area contributed by atoms with Gasteiger partial charge in [-0.05, 0) is 24.6 Å².